The van der Waals surface area contributed by atoms with Gasteiger partial charge in [0.15, 0.2) is 8.32 Å². The van der Waals surface area contributed by atoms with E-state index in [0.29, 0.717) is 6.54 Å². The number of nitrogens with zero attached hydrogens (tertiary/aromatic N) is 2. The second-order valence-corrected chi connectivity index (χ2v) is 11.8. The number of hydrogen-bond acceptors (Lipinski definition) is 4. The molecule has 1 heterocycles. The van der Waals surface area contributed by atoms with E-state index in [4.69, 9.17) is 4.43 Å². The first kappa shape index (κ1) is 18.3. The second-order valence-electron chi connectivity index (χ2n) is 6.97. The lowest BCUT2D eigenvalue weighted by molar-refractivity contribution is 0.158. The first-order valence-electron chi connectivity index (χ1n) is 7.62. The molecule has 0 aliphatic carbocycles. The van der Waals surface area contributed by atoms with Crippen LogP contribution in [0.5, 0.6) is 0 Å². The molecule has 1 N–H and O–H groups in total. The molecule has 0 saturated carbocycles. The van der Waals surface area contributed by atoms with E-state index in [1.807, 2.05) is 12.3 Å². The number of hydrogen-bond donors (Lipinski definition) is 1. The Hall–Kier alpha value is -0.753. The Morgan fingerprint density at radius 1 is 1.29 bits per heavy atom. The summed E-state index contributed by atoms with van der Waals surface area (Å²) < 4.78 is 6.21. The normalized spacial score (nSPS) is 12.9. The highest BCUT2D eigenvalue weighted by atomic mass is 28.4. The molecule has 0 aromatic carbocycles. The quantitative estimate of drug-likeness (QED) is 0.750. The molecule has 21 heavy (non-hydrogen) atoms. The molecule has 0 radical (unpaired) electrons. The van der Waals surface area contributed by atoms with E-state index in [2.05, 4.69) is 49.8 Å². The van der Waals surface area contributed by atoms with Crippen LogP contribution in [0.3, 0.4) is 0 Å². The van der Waals surface area contributed by atoms with E-state index in [0.717, 1.165) is 19.7 Å². The maximum Gasteiger partial charge on any atom is 0.192 e. The first-order valence-corrected chi connectivity index (χ1v) is 10.5. The third-order valence-corrected chi connectivity index (χ3v) is 8.76. The van der Waals surface area contributed by atoms with Gasteiger partial charge in [-0.3, -0.25) is 9.88 Å². The van der Waals surface area contributed by atoms with Gasteiger partial charge in [-0.1, -0.05) is 26.8 Å². The van der Waals surface area contributed by atoms with Crippen molar-refractivity contribution in [2.24, 2.45) is 0 Å². The fraction of sp³-hybridized carbons (Fsp3) is 0.688. The summed E-state index contributed by atoms with van der Waals surface area (Å²) in [5.74, 6) is 0. The molecular formula is C16H30N2O2Si. The van der Waals surface area contributed by atoms with E-state index in [1.165, 1.54) is 5.56 Å². The highest BCUT2D eigenvalue weighted by Crippen LogP contribution is 2.36. The zero-order valence-corrected chi connectivity index (χ0v) is 15.1. The van der Waals surface area contributed by atoms with Gasteiger partial charge in [-0.05, 0) is 29.8 Å². The van der Waals surface area contributed by atoms with E-state index in [1.54, 1.807) is 6.20 Å². The Morgan fingerprint density at radius 3 is 2.52 bits per heavy atom. The smallest absolute Gasteiger partial charge is 0.192 e. The maximum absolute atomic E-state index is 9.21. The maximum atomic E-state index is 9.21. The Bertz CT molecular complexity index is 404. The van der Waals surface area contributed by atoms with Crippen LogP contribution in [-0.4, -0.2) is 49.6 Å². The van der Waals surface area contributed by atoms with Gasteiger partial charge >= 0.3 is 0 Å². The van der Waals surface area contributed by atoms with Crippen molar-refractivity contribution in [1.82, 2.24) is 9.88 Å². The lowest BCUT2D eigenvalue weighted by Crippen LogP contribution is -2.43. The van der Waals surface area contributed by atoms with Crippen molar-refractivity contribution in [2.75, 3.05) is 26.3 Å². The molecule has 0 bridgehead atoms. The minimum Gasteiger partial charge on any atom is -0.416 e. The third kappa shape index (κ3) is 6.26. The van der Waals surface area contributed by atoms with E-state index in [-0.39, 0.29) is 11.6 Å². The summed E-state index contributed by atoms with van der Waals surface area (Å²) in [6, 6.07) is 4.00. The van der Waals surface area contributed by atoms with Gasteiger partial charge in [-0.25, -0.2) is 0 Å². The molecule has 1 rings (SSSR count). The average molecular weight is 311 g/mol. The van der Waals surface area contributed by atoms with Crippen molar-refractivity contribution < 1.29 is 9.53 Å². The van der Waals surface area contributed by atoms with Crippen LogP contribution >= 0.6 is 0 Å². The van der Waals surface area contributed by atoms with Gasteiger partial charge in [0.2, 0.25) is 0 Å². The molecule has 0 amide bonds. The van der Waals surface area contributed by atoms with Crippen molar-refractivity contribution in [3.8, 4) is 0 Å². The largest absolute Gasteiger partial charge is 0.416 e. The van der Waals surface area contributed by atoms with Gasteiger partial charge in [0, 0.05) is 38.6 Å². The van der Waals surface area contributed by atoms with Gasteiger partial charge in [0.25, 0.3) is 0 Å². The van der Waals surface area contributed by atoms with Gasteiger partial charge < -0.3 is 9.53 Å². The second kappa shape index (κ2) is 8.03. The number of aliphatic hydroxyl groups excluding tert-OH is 1. The minimum atomic E-state index is -1.69. The number of rotatable bonds is 8. The lowest BCUT2D eigenvalue weighted by atomic mass is 10.2. The van der Waals surface area contributed by atoms with Crippen molar-refractivity contribution >= 4 is 8.32 Å². The SMILES string of the molecule is CC(C)(C)[Si](C)(C)OCCN(CCO)Cc1cccnc1. The summed E-state index contributed by atoms with van der Waals surface area (Å²) in [6.07, 6.45) is 3.65. The third-order valence-electron chi connectivity index (χ3n) is 4.22. The average Bonchev–Trinajstić information content (AvgIpc) is 2.38. The lowest BCUT2D eigenvalue weighted by Gasteiger charge is -2.36. The Kier molecular flexibility index (Phi) is 7.00. The molecule has 0 atom stereocenters. The molecule has 120 valence electrons. The molecule has 0 fully saturated rings. The van der Waals surface area contributed by atoms with Gasteiger partial charge in [-0.2, -0.15) is 0 Å². The Labute approximate surface area is 130 Å². The Morgan fingerprint density at radius 2 is 2.00 bits per heavy atom. The number of aliphatic hydroxyl groups is 1. The van der Waals surface area contributed by atoms with Crippen LogP contribution in [0.2, 0.25) is 18.1 Å². The highest BCUT2D eigenvalue weighted by molar-refractivity contribution is 6.74. The van der Waals surface area contributed by atoms with E-state index in [9.17, 15) is 5.11 Å². The van der Waals surface area contributed by atoms with Crippen LogP contribution in [0.1, 0.15) is 26.3 Å². The number of aromatic nitrogens is 1. The van der Waals surface area contributed by atoms with Gasteiger partial charge in [0.05, 0.1) is 6.61 Å². The van der Waals surface area contributed by atoms with Crippen molar-refractivity contribution in [2.45, 2.75) is 45.4 Å². The molecule has 0 unspecified atom stereocenters. The van der Waals surface area contributed by atoms with E-state index < -0.39 is 8.32 Å². The fourth-order valence-electron chi connectivity index (χ4n) is 1.81. The summed E-state index contributed by atoms with van der Waals surface area (Å²) >= 11 is 0. The van der Waals surface area contributed by atoms with Crippen LogP contribution in [-0.2, 0) is 11.0 Å². The Balaban J connectivity index is 2.49. The standard InChI is InChI=1S/C16H30N2O2Si/c1-16(2,3)21(4,5)20-12-10-18(9-11-19)14-15-7-6-8-17-13-15/h6-8,13,19H,9-12,14H2,1-5H3. The fourth-order valence-corrected chi connectivity index (χ4v) is 2.84. The van der Waals surface area contributed by atoms with E-state index >= 15 is 0 Å². The topological polar surface area (TPSA) is 45.6 Å². The zero-order chi connectivity index (χ0) is 15.9. The monoisotopic (exact) mass is 310 g/mol. The molecule has 0 aliphatic rings. The van der Waals surface area contributed by atoms with Crippen LogP contribution in [0.25, 0.3) is 0 Å². The summed E-state index contributed by atoms with van der Waals surface area (Å²) in [7, 11) is -1.69. The predicted molar refractivity (Wildman–Crippen MR) is 89.7 cm³/mol. The molecule has 1 aromatic heterocycles. The molecule has 0 spiro atoms. The van der Waals surface area contributed by atoms with Crippen LogP contribution in [0.15, 0.2) is 24.5 Å². The molecule has 5 heteroatoms. The van der Waals surface area contributed by atoms with Crippen molar-refractivity contribution in [3.05, 3.63) is 30.1 Å². The van der Waals surface area contributed by atoms with Crippen molar-refractivity contribution in [1.29, 1.82) is 0 Å². The summed E-state index contributed by atoms with van der Waals surface area (Å²) in [5.41, 5.74) is 1.17. The molecule has 1 aromatic rings. The summed E-state index contributed by atoms with van der Waals surface area (Å²) in [4.78, 5) is 6.35. The minimum absolute atomic E-state index is 0.167. The highest BCUT2D eigenvalue weighted by Gasteiger charge is 2.36. The van der Waals surface area contributed by atoms with Crippen LogP contribution < -0.4 is 0 Å². The summed E-state index contributed by atoms with van der Waals surface area (Å²) in [5, 5.41) is 9.45. The molecular weight excluding hydrogens is 280 g/mol. The van der Waals surface area contributed by atoms with Gasteiger partial charge in [-0.15, -0.1) is 0 Å². The predicted octanol–water partition coefficient (Wildman–Crippen LogP) is 2.90. The summed E-state index contributed by atoms with van der Waals surface area (Å²) in [6.45, 7) is 14.5. The van der Waals surface area contributed by atoms with Crippen LogP contribution in [0, 0.1) is 0 Å². The van der Waals surface area contributed by atoms with Gasteiger partial charge in [0.1, 0.15) is 0 Å². The first-order chi connectivity index (χ1) is 9.76. The van der Waals surface area contributed by atoms with Crippen LogP contribution in [0.4, 0.5) is 0 Å². The molecule has 4 nitrogen and oxygen atoms in total. The molecule has 0 aliphatic heterocycles. The zero-order valence-electron chi connectivity index (χ0n) is 14.1. The molecule has 0 saturated heterocycles. The number of pyridine rings is 1. The van der Waals surface area contributed by atoms with Crippen molar-refractivity contribution in [3.63, 3.8) is 0 Å².